The van der Waals surface area contributed by atoms with Gasteiger partial charge in [-0.2, -0.15) is 0 Å². The van der Waals surface area contributed by atoms with E-state index >= 15 is 0 Å². The Bertz CT molecular complexity index is 661. The summed E-state index contributed by atoms with van der Waals surface area (Å²) < 4.78 is 10.3. The van der Waals surface area contributed by atoms with Crippen molar-refractivity contribution in [2.75, 3.05) is 7.11 Å². The standard InChI is InChI=1S/C21H27NO4.ClH/c1-25-19(23)12-11-16-7-9-17(10-8-16)15-22-21(13-4-14-21)20(24)26-18-5-2-3-6-18;/h7-12,18,22H,2-6,13-15H2,1H3;1H/b12-11+;. The lowest BCUT2D eigenvalue weighted by Gasteiger charge is -2.40. The lowest BCUT2D eigenvalue weighted by atomic mass is 9.76. The summed E-state index contributed by atoms with van der Waals surface area (Å²) >= 11 is 0. The van der Waals surface area contributed by atoms with E-state index in [9.17, 15) is 9.59 Å². The zero-order chi connectivity index (χ0) is 18.4. The van der Waals surface area contributed by atoms with Crippen LogP contribution in [0.5, 0.6) is 0 Å². The van der Waals surface area contributed by atoms with Crippen LogP contribution in [0.15, 0.2) is 30.3 Å². The molecule has 3 rings (SSSR count). The summed E-state index contributed by atoms with van der Waals surface area (Å²) in [6.07, 6.45) is 10.3. The molecule has 2 aliphatic carbocycles. The van der Waals surface area contributed by atoms with E-state index in [0.717, 1.165) is 56.1 Å². The first kappa shape index (κ1) is 21.5. The van der Waals surface area contributed by atoms with Gasteiger partial charge in [0.05, 0.1) is 7.11 Å². The third-order valence-corrected chi connectivity index (χ3v) is 5.40. The third-order valence-electron chi connectivity index (χ3n) is 5.40. The first-order valence-corrected chi connectivity index (χ1v) is 9.42. The minimum absolute atomic E-state index is 0. The van der Waals surface area contributed by atoms with Crippen LogP contribution in [0, 0.1) is 0 Å². The van der Waals surface area contributed by atoms with Crippen molar-refractivity contribution in [2.45, 2.75) is 63.1 Å². The number of halogens is 1. The molecule has 0 heterocycles. The summed E-state index contributed by atoms with van der Waals surface area (Å²) in [5.74, 6) is -0.447. The van der Waals surface area contributed by atoms with Crippen LogP contribution in [-0.4, -0.2) is 30.7 Å². The Morgan fingerprint density at radius 1 is 1.15 bits per heavy atom. The van der Waals surface area contributed by atoms with Crippen molar-refractivity contribution >= 4 is 30.4 Å². The number of esters is 2. The van der Waals surface area contributed by atoms with E-state index in [-0.39, 0.29) is 30.4 Å². The van der Waals surface area contributed by atoms with Gasteiger partial charge in [0.25, 0.3) is 0 Å². The molecule has 0 atom stereocenters. The minimum atomic E-state index is -0.508. The van der Waals surface area contributed by atoms with Crippen LogP contribution in [0.25, 0.3) is 6.08 Å². The van der Waals surface area contributed by atoms with Crippen molar-refractivity contribution in [3.63, 3.8) is 0 Å². The van der Waals surface area contributed by atoms with E-state index in [1.165, 1.54) is 13.2 Å². The van der Waals surface area contributed by atoms with Gasteiger partial charge in [0, 0.05) is 12.6 Å². The molecular weight excluding hydrogens is 366 g/mol. The summed E-state index contributed by atoms with van der Waals surface area (Å²) in [6.45, 7) is 0.626. The highest BCUT2D eigenvalue weighted by Crippen LogP contribution is 2.35. The first-order valence-electron chi connectivity index (χ1n) is 9.42. The predicted octanol–water partition coefficient (Wildman–Crippen LogP) is 3.79. The van der Waals surface area contributed by atoms with Gasteiger partial charge in [-0.1, -0.05) is 24.3 Å². The minimum Gasteiger partial charge on any atom is -0.466 e. The highest BCUT2D eigenvalue weighted by Gasteiger charge is 2.46. The average molecular weight is 394 g/mol. The number of carbonyl (C=O) groups is 2. The van der Waals surface area contributed by atoms with Gasteiger partial charge in [-0.05, 0) is 62.1 Å². The smallest absolute Gasteiger partial charge is 0.330 e. The molecule has 0 amide bonds. The molecule has 2 fully saturated rings. The number of hydrogen-bond donors (Lipinski definition) is 1. The van der Waals surface area contributed by atoms with Crippen molar-refractivity contribution in [1.29, 1.82) is 0 Å². The molecule has 5 nitrogen and oxygen atoms in total. The molecule has 1 aromatic rings. The molecule has 0 aliphatic heterocycles. The third kappa shape index (κ3) is 5.56. The monoisotopic (exact) mass is 393 g/mol. The molecule has 27 heavy (non-hydrogen) atoms. The van der Waals surface area contributed by atoms with Gasteiger partial charge < -0.3 is 9.47 Å². The number of hydrogen-bond acceptors (Lipinski definition) is 5. The number of carbonyl (C=O) groups excluding carboxylic acids is 2. The summed E-state index contributed by atoms with van der Waals surface area (Å²) in [6, 6.07) is 7.89. The van der Waals surface area contributed by atoms with Crippen LogP contribution < -0.4 is 5.32 Å². The molecule has 0 bridgehead atoms. The second-order valence-corrected chi connectivity index (χ2v) is 7.20. The zero-order valence-corrected chi connectivity index (χ0v) is 16.6. The maximum absolute atomic E-state index is 12.6. The quantitative estimate of drug-likeness (QED) is 0.564. The SMILES string of the molecule is COC(=O)/C=C/c1ccc(CNC2(C(=O)OC3CCCC3)CCC2)cc1.Cl. The molecule has 148 valence electrons. The fraction of sp³-hybridized carbons (Fsp3) is 0.524. The number of rotatable bonds is 7. The van der Waals surface area contributed by atoms with E-state index in [1.54, 1.807) is 6.08 Å². The van der Waals surface area contributed by atoms with E-state index < -0.39 is 5.54 Å². The molecule has 0 saturated heterocycles. The molecular formula is C21H28ClNO4. The van der Waals surface area contributed by atoms with Crippen LogP contribution in [0.3, 0.4) is 0 Å². The lowest BCUT2D eigenvalue weighted by molar-refractivity contribution is -0.161. The Labute approximate surface area is 166 Å². The van der Waals surface area contributed by atoms with Crippen LogP contribution in [0.4, 0.5) is 0 Å². The molecule has 0 unspecified atom stereocenters. The second-order valence-electron chi connectivity index (χ2n) is 7.20. The molecule has 1 aromatic carbocycles. The Hall–Kier alpha value is -1.85. The van der Waals surface area contributed by atoms with Gasteiger partial charge in [-0.25, -0.2) is 4.79 Å². The fourth-order valence-corrected chi connectivity index (χ4v) is 3.50. The van der Waals surface area contributed by atoms with Crippen LogP contribution in [-0.2, 0) is 25.6 Å². The van der Waals surface area contributed by atoms with Gasteiger partial charge in [0.2, 0.25) is 0 Å². The van der Waals surface area contributed by atoms with E-state index in [1.807, 2.05) is 24.3 Å². The van der Waals surface area contributed by atoms with E-state index in [0.29, 0.717) is 6.54 Å². The van der Waals surface area contributed by atoms with Crippen LogP contribution in [0.1, 0.15) is 56.1 Å². The van der Waals surface area contributed by atoms with Gasteiger partial charge in [0.1, 0.15) is 11.6 Å². The van der Waals surface area contributed by atoms with Gasteiger partial charge in [0.15, 0.2) is 0 Å². The van der Waals surface area contributed by atoms with Crippen LogP contribution in [0.2, 0.25) is 0 Å². The summed E-state index contributed by atoms with van der Waals surface area (Å²) in [4.78, 5) is 23.7. The van der Waals surface area contributed by atoms with Gasteiger partial charge >= 0.3 is 11.9 Å². The predicted molar refractivity (Wildman–Crippen MR) is 107 cm³/mol. The topological polar surface area (TPSA) is 64.6 Å². The highest BCUT2D eigenvalue weighted by molar-refractivity contribution is 5.87. The normalized spacial score (nSPS) is 18.6. The molecule has 1 N–H and O–H groups in total. The summed E-state index contributed by atoms with van der Waals surface area (Å²) in [7, 11) is 1.36. The molecule has 2 aliphatic rings. The molecule has 0 aromatic heterocycles. The first-order chi connectivity index (χ1) is 12.6. The number of methoxy groups -OCH3 is 1. The Morgan fingerprint density at radius 2 is 1.81 bits per heavy atom. The van der Waals surface area contributed by atoms with E-state index in [4.69, 9.17) is 4.74 Å². The van der Waals surface area contributed by atoms with Crippen LogP contribution >= 0.6 is 12.4 Å². The Kier molecular flexibility index (Phi) is 7.87. The van der Waals surface area contributed by atoms with Crippen molar-refractivity contribution < 1.29 is 19.1 Å². The maximum Gasteiger partial charge on any atom is 0.330 e. The highest BCUT2D eigenvalue weighted by atomic mass is 35.5. The number of nitrogens with one attached hydrogen (secondary N) is 1. The van der Waals surface area contributed by atoms with E-state index in [2.05, 4.69) is 10.1 Å². The zero-order valence-electron chi connectivity index (χ0n) is 15.7. The fourth-order valence-electron chi connectivity index (χ4n) is 3.50. The molecule has 6 heteroatoms. The maximum atomic E-state index is 12.6. The molecule has 0 spiro atoms. The van der Waals surface area contributed by atoms with Crippen molar-refractivity contribution in [3.05, 3.63) is 41.5 Å². The van der Waals surface area contributed by atoms with Crippen molar-refractivity contribution in [1.82, 2.24) is 5.32 Å². The lowest BCUT2D eigenvalue weighted by Crippen LogP contribution is -2.58. The average Bonchev–Trinajstić information content (AvgIpc) is 3.12. The van der Waals surface area contributed by atoms with Crippen molar-refractivity contribution in [2.24, 2.45) is 0 Å². The van der Waals surface area contributed by atoms with Gasteiger partial charge in [-0.3, -0.25) is 10.1 Å². The van der Waals surface area contributed by atoms with Crippen molar-refractivity contribution in [3.8, 4) is 0 Å². The second kappa shape index (κ2) is 9.90. The summed E-state index contributed by atoms with van der Waals surface area (Å²) in [5.41, 5.74) is 1.52. The Balaban J connectivity index is 0.00000261. The largest absolute Gasteiger partial charge is 0.466 e. The number of benzene rings is 1. The summed E-state index contributed by atoms with van der Waals surface area (Å²) in [5, 5.41) is 3.43. The molecule has 0 radical (unpaired) electrons. The number of ether oxygens (including phenoxy) is 2. The molecule has 2 saturated carbocycles. The van der Waals surface area contributed by atoms with Gasteiger partial charge in [-0.15, -0.1) is 12.4 Å². The Morgan fingerprint density at radius 3 is 2.37 bits per heavy atom.